The number of benzene rings is 1. The maximum absolute atomic E-state index is 12.0. The fourth-order valence-corrected chi connectivity index (χ4v) is 2.29. The quantitative estimate of drug-likeness (QED) is 0.494. The molecule has 0 radical (unpaired) electrons. The fourth-order valence-electron chi connectivity index (χ4n) is 2.29. The summed E-state index contributed by atoms with van der Waals surface area (Å²) in [6, 6.07) is 10.8. The second-order valence-electron chi connectivity index (χ2n) is 5.72. The summed E-state index contributed by atoms with van der Waals surface area (Å²) in [6.45, 7) is 1.51. The number of methoxy groups -OCH3 is 1. The van der Waals surface area contributed by atoms with Gasteiger partial charge in [-0.25, -0.2) is 4.98 Å². The number of Topliss-reactive ketones (excluding diaryl/α,β-unsaturated/α-hetero) is 1. The number of carbonyl (C=O) groups excluding carboxylic acids is 3. The van der Waals surface area contributed by atoms with Gasteiger partial charge < -0.3 is 14.2 Å². The van der Waals surface area contributed by atoms with Crippen LogP contribution in [0.25, 0.3) is 0 Å². The monoisotopic (exact) mass is 371 g/mol. The van der Waals surface area contributed by atoms with E-state index in [2.05, 4.69) is 4.98 Å². The van der Waals surface area contributed by atoms with Crippen LogP contribution < -0.4 is 9.47 Å². The molecule has 0 atom stereocenters. The first-order valence-electron chi connectivity index (χ1n) is 8.45. The van der Waals surface area contributed by atoms with Crippen molar-refractivity contribution in [2.24, 2.45) is 0 Å². The van der Waals surface area contributed by atoms with Gasteiger partial charge in [-0.05, 0) is 12.0 Å². The van der Waals surface area contributed by atoms with Gasteiger partial charge in [-0.1, -0.05) is 30.3 Å². The molecule has 142 valence electrons. The van der Waals surface area contributed by atoms with Crippen molar-refractivity contribution in [2.75, 3.05) is 7.11 Å². The molecule has 0 fully saturated rings. The number of hydrogen-bond donors (Lipinski definition) is 0. The van der Waals surface area contributed by atoms with Gasteiger partial charge in [0.1, 0.15) is 6.61 Å². The van der Waals surface area contributed by atoms with E-state index in [9.17, 15) is 14.4 Å². The molecule has 1 heterocycles. The van der Waals surface area contributed by atoms with Crippen LogP contribution in [0, 0.1) is 0 Å². The summed E-state index contributed by atoms with van der Waals surface area (Å²) in [5, 5.41) is 0. The highest BCUT2D eigenvalue weighted by Gasteiger charge is 2.19. The Labute approximate surface area is 157 Å². The van der Waals surface area contributed by atoms with E-state index in [1.54, 1.807) is 0 Å². The molecule has 0 N–H and O–H groups in total. The van der Waals surface area contributed by atoms with Crippen molar-refractivity contribution in [3.63, 3.8) is 0 Å². The van der Waals surface area contributed by atoms with Gasteiger partial charge >= 0.3 is 11.9 Å². The van der Waals surface area contributed by atoms with Gasteiger partial charge in [-0.15, -0.1) is 0 Å². The van der Waals surface area contributed by atoms with E-state index in [1.165, 1.54) is 26.3 Å². The molecule has 0 saturated carbocycles. The maximum atomic E-state index is 12.0. The third-order valence-corrected chi connectivity index (χ3v) is 3.64. The summed E-state index contributed by atoms with van der Waals surface area (Å²) < 4.78 is 15.5. The molecule has 0 aliphatic heterocycles. The van der Waals surface area contributed by atoms with Gasteiger partial charge in [0.05, 0.1) is 7.11 Å². The van der Waals surface area contributed by atoms with Crippen molar-refractivity contribution in [1.29, 1.82) is 0 Å². The molecule has 7 heteroatoms. The van der Waals surface area contributed by atoms with Crippen molar-refractivity contribution in [3.05, 3.63) is 53.9 Å². The Morgan fingerprint density at radius 1 is 1.00 bits per heavy atom. The largest absolute Gasteiger partial charge is 0.493 e. The standard InChI is InChI=1S/C20H21NO6/c1-14(22)19-20(16(25-2)11-12-21-19)27-18(24)10-6-9-17(23)26-13-15-7-4-3-5-8-15/h3-5,7-8,11-12H,6,9-10,13H2,1-2H3. The molecular weight excluding hydrogens is 350 g/mol. The van der Waals surface area contributed by atoms with Crippen LogP contribution in [0.3, 0.4) is 0 Å². The lowest BCUT2D eigenvalue weighted by molar-refractivity contribution is -0.145. The molecule has 2 aromatic rings. The third kappa shape index (κ3) is 6.22. The van der Waals surface area contributed by atoms with Crippen LogP contribution in [0.4, 0.5) is 0 Å². The van der Waals surface area contributed by atoms with Gasteiger partial charge in [0, 0.05) is 32.0 Å². The predicted molar refractivity (Wildman–Crippen MR) is 96.5 cm³/mol. The van der Waals surface area contributed by atoms with E-state index in [-0.39, 0.29) is 48.8 Å². The molecule has 0 aliphatic rings. The van der Waals surface area contributed by atoms with Crippen LogP contribution in [0.1, 0.15) is 42.2 Å². The zero-order valence-corrected chi connectivity index (χ0v) is 15.3. The topological polar surface area (TPSA) is 91.8 Å². The zero-order valence-electron chi connectivity index (χ0n) is 15.3. The third-order valence-electron chi connectivity index (χ3n) is 3.64. The van der Waals surface area contributed by atoms with Gasteiger partial charge in [0.25, 0.3) is 0 Å². The molecule has 27 heavy (non-hydrogen) atoms. The minimum atomic E-state index is -0.584. The Balaban J connectivity index is 1.81. The van der Waals surface area contributed by atoms with Crippen LogP contribution in [-0.2, 0) is 20.9 Å². The van der Waals surface area contributed by atoms with Crippen LogP contribution >= 0.6 is 0 Å². The zero-order chi connectivity index (χ0) is 19.6. The normalized spacial score (nSPS) is 10.1. The lowest BCUT2D eigenvalue weighted by Gasteiger charge is -2.11. The van der Waals surface area contributed by atoms with Crippen LogP contribution in [-0.4, -0.2) is 29.8 Å². The fraction of sp³-hybridized carbons (Fsp3) is 0.300. The molecule has 7 nitrogen and oxygen atoms in total. The Hall–Kier alpha value is -3.22. The van der Waals surface area contributed by atoms with Crippen molar-refractivity contribution >= 4 is 17.7 Å². The number of ether oxygens (including phenoxy) is 3. The number of hydrogen-bond acceptors (Lipinski definition) is 7. The van der Waals surface area contributed by atoms with Crippen LogP contribution in [0.15, 0.2) is 42.6 Å². The smallest absolute Gasteiger partial charge is 0.311 e. The average Bonchev–Trinajstić information content (AvgIpc) is 2.67. The first kappa shape index (κ1) is 20.1. The average molecular weight is 371 g/mol. The van der Waals surface area contributed by atoms with Crippen LogP contribution in [0.5, 0.6) is 11.5 Å². The summed E-state index contributed by atoms with van der Waals surface area (Å²) in [5.74, 6) is -1.09. The molecule has 0 saturated heterocycles. The number of carbonyl (C=O) groups is 3. The van der Waals surface area contributed by atoms with Crippen molar-refractivity contribution in [3.8, 4) is 11.5 Å². The lowest BCUT2D eigenvalue weighted by Crippen LogP contribution is -2.13. The Morgan fingerprint density at radius 2 is 1.70 bits per heavy atom. The number of ketones is 1. The predicted octanol–water partition coefficient (Wildman–Crippen LogP) is 3.11. The highest BCUT2D eigenvalue weighted by atomic mass is 16.6. The van der Waals surface area contributed by atoms with Crippen molar-refractivity contribution in [1.82, 2.24) is 4.98 Å². The second-order valence-corrected chi connectivity index (χ2v) is 5.72. The van der Waals surface area contributed by atoms with E-state index < -0.39 is 11.9 Å². The van der Waals surface area contributed by atoms with Gasteiger partial charge in [0.15, 0.2) is 17.2 Å². The molecule has 0 spiro atoms. The van der Waals surface area contributed by atoms with E-state index in [0.717, 1.165) is 5.56 Å². The number of nitrogens with zero attached hydrogens (tertiary/aromatic N) is 1. The summed E-state index contributed by atoms with van der Waals surface area (Å²) >= 11 is 0. The molecule has 0 amide bonds. The summed E-state index contributed by atoms with van der Waals surface area (Å²) in [6.07, 6.45) is 1.75. The Kier molecular flexibility index (Phi) is 7.49. The molecule has 0 bridgehead atoms. The number of rotatable bonds is 9. The van der Waals surface area contributed by atoms with E-state index in [1.807, 2.05) is 30.3 Å². The lowest BCUT2D eigenvalue weighted by atomic mass is 10.2. The number of pyridine rings is 1. The Bertz CT molecular complexity index is 803. The van der Waals surface area contributed by atoms with E-state index in [0.29, 0.717) is 0 Å². The molecule has 2 rings (SSSR count). The minimum absolute atomic E-state index is 0.00414. The van der Waals surface area contributed by atoms with Crippen molar-refractivity contribution < 1.29 is 28.6 Å². The van der Waals surface area contributed by atoms with E-state index >= 15 is 0 Å². The van der Waals surface area contributed by atoms with Gasteiger partial charge in [0.2, 0.25) is 5.75 Å². The molecule has 0 aliphatic carbocycles. The van der Waals surface area contributed by atoms with Crippen LogP contribution in [0.2, 0.25) is 0 Å². The van der Waals surface area contributed by atoms with Crippen molar-refractivity contribution in [2.45, 2.75) is 32.8 Å². The van der Waals surface area contributed by atoms with E-state index in [4.69, 9.17) is 14.2 Å². The number of aromatic nitrogens is 1. The minimum Gasteiger partial charge on any atom is -0.493 e. The summed E-state index contributed by atoms with van der Waals surface area (Å²) in [7, 11) is 1.40. The molecular formula is C20H21NO6. The first-order chi connectivity index (χ1) is 13.0. The second kappa shape index (κ2) is 10.1. The molecule has 1 aromatic heterocycles. The molecule has 1 aromatic carbocycles. The summed E-state index contributed by atoms with van der Waals surface area (Å²) in [5.41, 5.74) is 0.913. The SMILES string of the molecule is COc1ccnc(C(C)=O)c1OC(=O)CCCC(=O)OCc1ccccc1. The van der Waals surface area contributed by atoms with Gasteiger partial charge in [-0.3, -0.25) is 14.4 Å². The van der Waals surface area contributed by atoms with Gasteiger partial charge in [-0.2, -0.15) is 0 Å². The highest BCUT2D eigenvalue weighted by molar-refractivity contribution is 5.96. The highest BCUT2D eigenvalue weighted by Crippen LogP contribution is 2.30. The first-order valence-corrected chi connectivity index (χ1v) is 8.45. The Morgan fingerprint density at radius 3 is 2.37 bits per heavy atom. The summed E-state index contributed by atoms with van der Waals surface area (Å²) in [4.78, 5) is 39.4. The maximum Gasteiger partial charge on any atom is 0.311 e. The molecule has 0 unspecified atom stereocenters. The number of esters is 2.